The first-order chi connectivity index (χ1) is 17.2. The van der Waals surface area contributed by atoms with Gasteiger partial charge in [-0.05, 0) is 48.2 Å². The fourth-order valence-corrected chi connectivity index (χ4v) is 4.90. The Morgan fingerprint density at radius 3 is 2.50 bits per heavy atom. The number of aromatic nitrogens is 3. The maximum absolute atomic E-state index is 12.3. The largest absolute Gasteiger partial charge is 0.368 e. The van der Waals surface area contributed by atoms with Gasteiger partial charge in [-0.15, -0.1) is 0 Å². The number of sulfonamides is 1. The van der Waals surface area contributed by atoms with Crippen molar-refractivity contribution in [1.82, 2.24) is 19.9 Å². The molecule has 0 amide bonds. The molecule has 1 aromatic heterocycles. The average molecular weight is 526 g/mol. The second-order valence-electron chi connectivity index (χ2n) is 9.03. The number of rotatable bonds is 3. The van der Waals surface area contributed by atoms with Crippen LogP contribution in [0.2, 0.25) is 0 Å². The zero-order chi connectivity index (χ0) is 25.4. The molecule has 11 heteroatoms. The molecule has 6 bridgehead atoms. The fourth-order valence-electron chi connectivity index (χ4n) is 4.24. The van der Waals surface area contributed by atoms with E-state index in [1.807, 2.05) is 24.3 Å². The number of benzene rings is 2. The van der Waals surface area contributed by atoms with Crippen molar-refractivity contribution in [2.45, 2.75) is 0 Å². The van der Waals surface area contributed by atoms with Gasteiger partial charge >= 0.3 is 0 Å². The van der Waals surface area contributed by atoms with Crippen LogP contribution in [-0.2, 0) is 10.0 Å². The molecule has 2 aliphatic rings. The van der Waals surface area contributed by atoms with Gasteiger partial charge in [0.05, 0.1) is 28.0 Å². The van der Waals surface area contributed by atoms with E-state index in [0.29, 0.717) is 28.0 Å². The number of H-pyrrole nitrogens is 1. The third-order valence-electron chi connectivity index (χ3n) is 6.42. The van der Waals surface area contributed by atoms with Crippen LogP contribution in [-0.4, -0.2) is 74.8 Å². The summed E-state index contributed by atoms with van der Waals surface area (Å²) < 4.78 is 25.8. The Labute approximate surface area is 215 Å². The quantitative estimate of drug-likeness (QED) is 0.535. The third kappa shape index (κ3) is 5.11. The van der Waals surface area contributed by atoms with Gasteiger partial charge in [0.2, 0.25) is 16.0 Å². The molecule has 1 saturated heterocycles. The molecule has 36 heavy (non-hydrogen) atoms. The molecule has 0 atom stereocenters. The minimum atomic E-state index is -3.49. The Balaban J connectivity index is 1.78. The number of anilines is 3. The van der Waals surface area contributed by atoms with Gasteiger partial charge in [0.25, 0.3) is 0 Å². The van der Waals surface area contributed by atoms with Crippen LogP contribution in [0.3, 0.4) is 0 Å². The van der Waals surface area contributed by atoms with Crippen LogP contribution in [0.15, 0.2) is 54.7 Å². The number of piperazine rings is 1. The number of hydrogen-bond acceptors (Lipinski definition) is 7. The van der Waals surface area contributed by atoms with E-state index < -0.39 is 10.0 Å². The Morgan fingerprint density at radius 1 is 1.00 bits per heavy atom. The van der Waals surface area contributed by atoms with E-state index in [2.05, 4.69) is 45.3 Å². The zero-order valence-electron chi connectivity index (χ0n) is 20.4. The highest BCUT2D eigenvalue weighted by atomic mass is 35.5. The molecule has 0 unspecified atom stereocenters. The maximum atomic E-state index is 12.3. The highest BCUT2D eigenvalue weighted by Gasteiger charge is 2.17. The molecular formula is C25H28ClN7O2S. The fraction of sp³-hybridized carbons (Fsp3) is 0.280. The van der Waals surface area contributed by atoms with Crippen LogP contribution in [0.25, 0.3) is 26.8 Å². The van der Waals surface area contributed by atoms with Gasteiger partial charge in [-0.25, -0.2) is 18.4 Å². The number of likely N-dealkylation sites (N-methyl/N-ethyl adjacent to an activating group) is 1. The number of fused-ring (bicyclic) bond motifs is 6. The number of hydrogen-bond donors (Lipinski definition) is 2. The van der Waals surface area contributed by atoms with E-state index >= 15 is 0 Å². The van der Waals surface area contributed by atoms with E-state index in [1.54, 1.807) is 12.3 Å². The summed E-state index contributed by atoms with van der Waals surface area (Å²) in [6, 6.07) is 15.7. The Kier molecular flexibility index (Phi) is 6.50. The molecule has 9 nitrogen and oxygen atoms in total. The molecule has 2 aliphatic heterocycles. The molecule has 0 radical (unpaired) electrons. The maximum Gasteiger partial charge on any atom is 0.232 e. The Bertz CT molecular complexity index is 1560. The monoisotopic (exact) mass is 525 g/mol. The van der Waals surface area contributed by atoms with Crippen LogP contribution in [0.5, 0.6) is 0 Å². The minimum Gasteiger partial charge on any atom is -0.368 e. The lowest BCUT2D eigenvalue weighted by Gasteiger charge is -2.34. The van der Waals surface area contributed by atoms with Crippen molar-refractivity contribution >= 4 is 65.8 Å². The normalized spacial score (nSPS) is 15.8. The third-order valence-corrected chi connectivity index (χ3v) is 7.90. The van der Waals surface area contributed by atoms with Gasteiger partial charge in [0.1, 0.15) is 0 Å². The van der Waals surface area contributed by atoms with Crippen molar-refractivity contribution in [2.24, 2.45) is 0 Å². The van der Waals surface area contributed by atoms with Crippen LogP contribution >= 0.6 is 11.6 Å². The number of nitrogens with zero attached hydrogens (tertiary/aromatic N) is 5. The summed E-state index contributed by atoms with van der Waals surface area (Å²) in [7, 11) is 0.153. The lowest BCUT2D eigenvalue weighted by atomic mass is 10.1. The summed E-state index contributed by atoms with van der Waals surface area (Å²) in [4.78, 5) is 17.3. The molecule has 0 spiro atoms. The smallest absolute Gasteiger partial charge is 0.232 e. The summed E-state index contributed by atoms with van der Waals surface area (Å²) in [6.07, 6.45) is 2.77. The summed E-state index contributed by atoms with van der Waals surface area (Å²) >= 11 is 6.42. The van der Waals surface area contributed by atoms with Gasteiger partial charge in [0.15, 0.2) is 5.82 Å². The standard InChI is InChI=1S/C25H28ClN7O2S/c1-31-10-12-33(13-11-31)22-9-7-19-15-18(22)6-4-17-5-8-23(32(2)36(3,34)35)21(14-17)29-24-20(26)16-27-25(28-19)30-24/h4-9,14-16H,10-13H2,1-3H3,(H2,27,28,29,30). The summed E-state index contributed by atoms with van der Waals surface area (Å²) in [5.41, 5.74) is 2.83. The first-order valence-corrected chi connectivity index (χ1v) is 13.8. The van der Waals surface area contributed by atoms with Gasteiger partial charge in [-0.2, -0.15) is 0 Å². The summed E-state index contributed by atoms with van der Waals surface area (Å²) in [5.74, 6) is 0.834. The lowest BCUT2D eigenvalue weighted by Crippen LogP contribution is -2.44. The van der Waals surface area contributed by atoms with Crippen molar-refractivity contribution < 1.29 is 8.42 Å². The zero-order valence-corrected chi connectivity index (χ0v) is 21.9. The number of nitrogens with one attached hydrogen (secondary N) is 2. The topological polar surface area (TPSA) is 97.5 Å². The second kappa shape index (κ2) is 9.61. The first-order valence-electron chi connectivity index (χ1n) is 11.6. The van der Waals surface area contributed by atoms with Crippen LogP contribution in [0.4, 0.5) is 17.3 Å². The molecule has 0 saturated carbocycles. The predicted octanol–water partition coefficient (Wildman–Crippen LogP) is 3.91. The minimum absolute atomic E-state index is 0.351. The molecule has 3 heterocycles. The van der Waals surface area contributed by atoms with E-state index in [1.165, 1.54) is 11.4 Å². The van der Waals surface area contributed by atoms with E-state index in [9.17, 15) is 8.42 Å². The highest BCUT2D eigenvalue weighted by Crippen LogP contribution is 2.28. The molecule has 1 fully saturated rings. The van der Waals surface area contributed by atoms with Crippen LogP contribution < -0.4 is 14.5 Å². The SMILES string of the molecule is CN1CCN(c2ccc3cc2ccc2ccc(N(C)S(C)(=O)=O)c(c2)nc2[nH]c(n3)NC=C2Cl)CC1. The average Bonchev–Trinajstić information content (AvgIpc) is 2.85. The molecule has 188 valence electrons. The molecule has 2 aromatic carbocycles. The number of halogens is 1. The van der Waals surface area contributed by atoms with Crippen molar-refractivity contribution in [2.75, 3.05) is 61.1 Å². The van der Waals surface area contributed by atoms with Gasteiger partial charge in [-0.1, -0.05) is 29.8 Å². The Morgan fingerprint density at radius 2 is 1.75 bits per heavy atom. The predicted molar refractivity (Wildman–Crippen MR) is 148 cm³/mol. The molecule has 3 aromatic rings. The molecule has 2 N–H and O–H groups in total. The summed E-state index contributed by atoms with van der Waals surface area (Å²) in [6.45, 7) is 3.91. The first kappa shape index (κ1) is 24.4. The molecule has 5 rings (SSSR count). The van der Waals surface area contributed by atoms with Crippen LogP contribution in [0.1, 0.15) is 5.82 Å². The van der Waals surface area contributed by atoms with E-state index in [0.717, 1.165) is 54.4 Å². The number of aromatic amines is 1. The summed E-state index contributed by atoms with van der Waals surface area (Å²) in [5, 5.41) is 5.33. The molecule has 0 aliphatic carbocycles. The lowest BCUT2D eigenvalue weighted by molar-refractivity contribution is 0.313. The van der Waals surface area contributed by atoms with Crippen molar-refractivity contribution in [3.8, 4) is 0 Å². The van der Waals surface area contributed by atoms with Crippen molar-refractivity contribution in [1.29, 1.82) is 0 Å². The highest BCUT2D eigenvalue weighted by molar-refractivity contribution is 7.92. The van der Waals surface area contributed by atoms with E-state index in [-0.39, 0.29) is 0 Å². The van der Waals surface area contributed by atoms with Crippen LogP contribution in [0, 0.1) is 0 Å². The van der Waals surface area contributed by atoms with Crippen molar-refractivity contribution in [3.63, 3.8) is 0 Å². The van der Waals surface area contributed by atoms with Gasteiger partial charge in [-0.3, -0.25) is 4.31 Å². The van der Waals surface area contributed by atoms with E-state index in [4.69, 9.17) is 21.6 Å². The van der Waals surface area contributed by atoms with Crippen molar-refractivity contribution in [3.05, 3.63) is 60.6 Å². The second-order valence-corrected chi connectivity index (χ2v) is 11.4. The van der Waals surface area contributed by atoms with Gasteiger partial charge < -0.3 is 20.1 Å². The van der Waals surface area contributed by atoms with Gasteiger partial charge in [0, 0.05) is 45.1 Å². The Hall–Kier alpha value is -3.34. The molecular weight excluding hydrogens is 498 g/mol.